The van der Waals surface area contributed by atoms with E-state index in [0.29, 0.717) is 3.57 Å². The van der Waals surface area contributed by atoms with E-state index in [1.165, 1.54) is 24.4 Å². The van der Waals surface area contributed by atoms with Crippen LogP contribution in [0, 0.1) is 3.57 Å². The Labute approximate surface area is 118 Å². The lowest BCUT2D eigenvalue weighted by Gasteiger charge is -2.12. The molecule has 1 aromatic carbocycles. The molecule has 4 nitrogen and oxygen atoms in total. The van der Waals surface area contributed by atoms with Gasteiger partial charge in [0.2, 0.25) is 0 Å². The van der Waals surface area contributed by atoms with Gasteiger partial charge in [-0.1, -0.05) is 12.1 Å². The second kappa shape index (κ2) is 5.19. The molecule has 1 N–H and O–H groups in total. The third kappa shape index (κ3) is 3.46. The van der Waals surface area contributed by atoms with Crippen LogP contribution in [0.25, 0.3) is 11.4 Å². The van der Waals surface area contributed by atoms with Crippen molar-refractivity contribution in [3.05, 3.63) is 44.4 Å². The Balaban J connectivity index is 2.50. The van der Waals surface area contributed by atoms with Crippen molar-refractivity contribution >= 4 is 22.6 Å². The smallest absolute Gasteiger partial charge is 0.405 e. The van der Waals surface area contributed by atoms with Crippen LogP contribution in [0.15, 0.2) is 35.3 Å². The molecule has 0 aliphatic carbocycles. The number of ether oxygens (including phenoxy) is 1. The van der Waals surface area contributed by atoms with Gasteiger partial charge in [-0.15, -0.1) is 13.2 Å². The molecule has 2 aromatic rings. The fraction of sp³-hybridized carbons (Fsp3) is 0.0909. The second-order valence-electron chi connectivity index (χ2n) is 3.45. The lowest BCUT2D eigenvalue weighted by atomic mass is 10.2. The average molecular weight is 382 g/mol. The molecule has 1 heterocycles. The van der Waals surface area contributed by atoms with Crippen molar-refractivity contribution in [2.24, 2.45) is 0 Å². The first kappa shape index (κ1) is 13.8. The lowest BCUT2D eigenvalue weighted by Crippen LogP contribution is -2.18. The summed E-state index contributed by atoms with van der Waals surface area (Å²) < 4.78 is 41.0. The fourth-order valence-corrected chi connectivity index (χ4v) is 1.67. The number of aromatic nitrogens is 2. The van der Waals surface area contributed by atoms with Gasteiger partial charge in [0.1, 0.15) is 11.6 Å². The highest BCUT2D eigenvalue weighted by atomic mass is 127. The predicted molar refractivity (Wildman–Crippen MR) is 69.7 cm³/mol. The molecule has 0 amide bonds. The number of nitrogens with one attached hydrogen (secondary N) is 1. The summed E-state index contributed by atoms with van der Waals surface area (Å²) in [6, 6.07) is 5.46. The summed E-state index contributed by atoms with van der Waals surface area (Å²) in [5.74, 6) is -0.398. The second-order valence-corrected chi connectivity index (χ2v) is 4.62. The first-order valence-electron chi connectivity index (χ1n) is 4.97. The maximum absolute atomic E-state index is 12.3. The van der Waals surface area contributed by atoms with E-state index in [-0.39, 0.29) is 11.4 Å². The van der Waals surface area contributed by atoms with E-state index in [9.17, 15) is 18.0 Å². The van der Waals surface area contributed by atoms with E-state index in [0.717, 1.165) is 6.07 Å². The summed E-state index contributed by atoms with van der Waals surface area (Å²) in [6.45, 7) is 0. The van der Waals surface area contributed by atoms with Crippen LogP contribution >= 0.6 is 22.6 Å². The van der Waals surface area contributed by atoms with Crippen LogP contribution < -0.4 is 10.3 Å². The Morgan fingerprint density at radius 1 is 1.26 bits per heavy atom. The Hall–Kier alpha value is -1.58. The minimum atomic E-state index is -4.81. The molecule has 0 aliphatic heterocycles. The fourth-order valence-electron chi connectivity index (χ4n) is 1.39. The van der Waals surface area contributed by atoms with Gasteiger partial charge in [0.15, 0.2) is 0 Å². The summed E-state index contributed by atoms with van der Waals surface area (Å²) in [6.07, 6.45) is -3.53. The van der Waals surface area contributed by atoms with E-state index < -0.39 is 17.7 Å². The van der Waals surface area contributed by atoms with Crippen LogP contribution in [0.2, 0.25) is 0 Å². The molecular formula is C11H6F3IN2O2. The van der Waals surface area contributed by atoms with Crippen LogP contribution in [-0.4, -0.2) is 16.3 Å². The van der Waals surface area contributed by atoms with E-state index in [2.05, 4.69) is 14.7 Å². The standard InChI is InChI=1S/C11H6F3IN2O2/c12-11(13,14)19-8-4-2-1-3-6(8)9-16-5-7(15)10(18)17-9/h1-5H,(H,16,17,18). The van der Waals surface area contributed by atoms with Gasteiger partial charge >= 0.3 is 6.36 Å². The van der Waals surface area contributed by atoms with Crippen molar-refractivity contribution in [3.63, 3.8) is 0 Å². The van der Waals surface area contributed by atoms with E-state index >= 15 is 0 Å². The monoisotopic (exact) mass is 382 g/mol. The topological polar surface area (TPSA) is 55.0 Å². The third-order valence-corrected chi connectivity index (χ3v) is 2.89. The maximum Gasteiger partial charge on any atom is 0.573 e. The summed E-state index contributed by atoms with van der Waals surface area (Å²) in [5, 5.41) is 0. The molecule has 0 saturated heterocycles. The highest BCUT2D eigenvalue weighted by Gasteiger charge is 2.32. The van der Waals surface area contributed by atoms with Crippen molar-refractivity contribution in [3.8, 4) is 17.1 Å². The van der Waals surface area contributed by atoms with Gasteiger partial charge in [0, 0.05) is 6.20 Å². The Bertz CT molecular complexity index is 655. The molecule has 0 bridgehead atoms. The summed E-state index contributed by atoms with van der Waals surface area (Å²) in [5.41, 5.74) is -0.360. The van der Waals surface area contributed by atoms with Crippen molar-refractivity contribution in [1.82, 2.24) is 9.97 Å². The lowest BCUT2D eigenvalue weighted by molar-refractivity contribution is -0.274. The van der Waals surface area contributed by atoms with Crippen LogP contribution in [0.4, 0.5) is 13.2 Å². The molecule has 100 valence electrons. The molecular weight excluding hydrogens is 376 g/mol. The van der Waals surface area contributed by atoms with Crippen LogP contribution in [-0.2, 0) is 0 Å². The highest BCUT2D eigenvalue weighted by molar-refractivity contribution is 14.1. The summed E-state index contributed by atoms with van der Waals surface area (Å²) in [7, 11) is 0. The SMILES string of the molecule is O=c1[nH]c(-c2ccccc2OC(F)(F)F)ncc1I. The van der Waals surface area contributed by atoms with Gasteiger partial charge in [0.05, 0.1) is 9.13 Å². The van der Waals surface area contributed by atoms with Crippen LogP contribution in [0.5, 0.6) is 5.75 Å². The first-order chi connectivity index (χ1) is 8.87. The Morgan fingerprint density at radius 3 is 2.58 bits per heavy atom. The normalized spacial score (nSPS) is 11.4. The molecule has 0 aliphatic rings. The number of nitrogens with zero attached hydrogens (tertiary/aromatic N) is 1. The van der Waals surface area contributed by atoms with E-state index in [4.69, 9.17) is 0 Å². The zero-order valence-electron chi connectivity index (χ0n) is 9.16. The van der Waals surface area contributed by atoms with E-state index in [1.807, 2.05) is 0 Å². The third-order valence-electron chi connectivity index (χ3n) is 2.12. The van der Waals surface area contributed by atoms with E-state index in [1.54, 1.807) is 22.6 Å². The predicted octanol–water partition coefficient (Wildman–Crippen LogP) is 2.94. The Kier molecular flexibility index (Phi) is 3.78. The molecule has 0 saturated carbocycles. The zero-order valence-corrected chi connectivity index (χ0v) is 11.3. The maximum atomic E-state index is 12.3. The minimum absolute atomic E-state index is 0.0188. The number of hydrogen-bond acceptors (Lipinski definition) is 3. The number of rotatable bonds is 2. The zero-order chi connectivity index (χ0) is 14.0. The van der Waals surface area contributed by atoms with Gasteiger partial charge in [-0.3, -0.25) is 4.79 Å². The largest absolute Gasteiger partial charge is 0.573 e. The molecule has 19 heavy (non-hydrogen) atoms. The molecule has 8 heteroatoms. The highest BCUT2D eigenvalue weighted by Crippen LogP contribution is 2.31. The van der Waals surface area contributed by atoms with Gasteiger partial charge < -0.3 is 9.72 Å². The molecule has 0 radical (unpaired) electrons. The molecule has 0 unspecified atom stereocenters. The van der Waals surface area contributed by atoms with Gasteiger partial charge in [0.25, 0.3) is 5.56 Å². The van der Waals surface area contributed by atoms with Crippen molar-refractivity contribution < 1.29 is 17.9 Å². The number of benzene rings is 1. The van der Waals surface area contributed by atoms with Crippen molar-refractivity contribution in [2.75, 3.05) is 0 Å². The quantitative estimate of drug-likeness (QED) is 0.813. The molecule has 1 aromatic heterocycles. The first-order valence-corrected chi connectivity index (χ1v) is 6.04. The number of aromatic amines is 1. The summed E-state index contributed by atoms with van der Waals surface area (Å²) >= 11 is 1.77. The van der Waals surface area contributed by atoms with Crippen LogP contribution in [0.3, 0.4) is 0 Å². The molecule has 0 spiro atoms. The Morgan fingerprint density at radius 2 is 1.95 bits per heavy atom. The minimum Gasteiger partial charge on any atom is -0.405 e. The summed E-state index contributed by atoms with van der Waals surface area (Å²) in [4.78, 5) is 17.7. The number of alkyl halides is 3. The number of hydrogen-bond donors (Lipinski definition) is 1. The van der Waals surface area contributed by atoms with Gasteiger partial charge in [-0.25, -0.2) is 4.98 Å². The van der Waals surface area contributed by atoms with Crippen molar-refractivity contribution in [1.29, 1.82) is 0 Å². The molecule has 0 atom stereocenters. The van der Waals surface area contributed by atoms with Gasteiger partial charge in [-0.05, 0) is 34.7 Å². The van der Waals surface area contributed by atoms with Crippen LogP contribution in [0.1, 0.15) is 0 Å². The number of halogens is 4. The average Bonchev–Trinajstić information content (AvgIpc) is 2.31. The van der Waals surface area contributed by atoms with Crippen molar-refractivity contribution in [2.45, 2.75) is 6.36 Å². The molecule has 0 fully saturated rings. The van der Waals surface area contributed by atoms with Gasteiger partial charge in [-0.2, -0.15) is 0 Å². The number of H-pyrrole nitrogens is 1. The number of para-hydroxylation sites is 1. The molecule has 2 rings (SSSR count).